The minimum Gasteiger partial charge on any atom is -0.398 e. The van der Waals surface area contributed by atoms with E-state index < -0.39 is 11.8 Å². The fraction of sp³-hybridized carbons (Fsp3) is 0.267. The van der Waals surface area contributed by atoms with Crippen LogP contribution < -0.4 is 16.4 Å². The van der Waals surface area contributed by atoms with E-state index in [4.69, 9.17) is 11.0 Å². The van der Waals surface area contributed by atoms with Gasteiger partial charge in [-0.25, -0.2) is 0 Å². The van der Waals surface area contributed by atoms with Crippen LogP contribution in [-0.4, -0.2) is 18.4 Å². The van der Waals surface area contributed by atoms with E-state index in [9.17, 15) is 9.59 Å². The van der Waals surface area contributed by atoms with Crippen molar-refractivity contribution in [1.82, 2.24) is 10.6 Å². The number of benzene rings is 1. The van der Waals surface area contributed by atoms with Gasteiger partial charge in [0, 0.05) is 18.4 Å². The number of carbonyl (C=O) groups excluding carboxylic acids is 2. The van der Waals surface area contributed by atoms with Gasteiger partial charge in [0.2, 0.25) is 0 Å². The van der Waals surface area contributed by atoms with E-state index in [2.05, 4.69) is 10.6 Å². The van der Waals surface area contributed by atoms with Crippen molar-refractivity contribution in [3.05, 3.63) is 41.6 Å². The molecule has 0 heterocycles. The standard InChI is InChI=1S/C15H18N4O2/c1-10(2)8-18-14(20)11(7-16)9-19-15(21)12-5-3-4-6-13(12)17/h3-6,9-10H,8,17H2,1-2H3,(H,18,20)(H,19,21)/b11-9-. The molecule has 0 aliphatic heterocycles. The van der Waals surface area contributed by atoms with Gasteiger partial charge in [0.15, 0.2) is 0 Å². The Hall–Kier alpha value is -2.81. The molecule has 0 fully saturated rings. The number of anilines is 1. The Balaban J connectivity index is 2.73. The fourth-order valence-electron chi connectivity index (χ4n) is 1.46. The van der Waals surface area contributed by atoms with Crippen LogP contribution in [0.5, 0.6) is 0 Å². The highest BCUT2D eigenvalue weighted by atomic mass is 16.2. The molecule has 0 bridgehead atoms. The molecule has 0 aromatic heterocycles. The van der Waals surface area contributed by atoms with Gasteiger partial charge >= 0.3 is 0 Å². The van der Waals surface area contributed by atoms with Crippen LogP contribution in [0.4, 0.5) is 5.69 Å². The maximum absolute atomic E-state index is 11.9. The summed E-state index contributed by atoms with van der Waals surface area (Å²) in [6.07, 6.45) is 1.09. The molecule has 1 rings (SSSR count). The van der Waals surface area contributed by atoms with Crippen LogP contribution in [-0.2, 0) is 4.79 Å². The normalized spacial score (nSPS) is 10.9. The Morgan fingerprint density at radius 2 is 2.05 bits per heavy atom. The smallest absolute Gasteiger partial charge is 0.263 e. The SMILES string of the molecule is CC(C)CNC(=O)/C(C#N)=C\NC(=O)c1ccccc1N. The zero-order chi connectivity index (χ0) is 15.8. The second-order valence-corrected chi connectivity index (χ2v) is 4.83. The fourth-order valence-corrected chi connectivity index (χ4v) is 1.46. The number of rotatable bonds is 5. The number of hydrogen-bond acceptors (Lipinski definition) is 4. The molecule has 0 unspecified atom stereocenters. The van der Waals surface area contributed by atoms with E-state index >= 15 is 0 Å². The summed E-state index contributed by atoms with van der Waals surface area (Å²) in [5, 5.41) is 13.9. The molecule has 6 heteroatoms. The van der Waals surface area contributed by atoms with Crippen molar-refractivity contribution in [2.45, 2.75) is 13.8 Å². The lowest BCUT2D eigenvalue weighted by Crippen LogP contribution is -2.29. The second kappa shape index (κ2) is 7.70. The zero-order valence-corrected chi connectivity index (χ0v) is 12.0. The van der Waals surface area contributed by atoms with Gasteiger partial charge < -0.3 is 16.4 Å². The number of nitrogen functional groups attached to an aromatic ring is 1. The van der Waals surface area contributed by atoms with Gasteiger partial charge in [-0.2, -0.15) is 5.26 Å². The number of amides is 2. The van der Waals surface area contributed by atoms with Crippen LogP contribution in [0.3, 0.4) is 0 Å². The number of nitriles is 1. The minimum absolute atomic E-state index is 0.168. The number of para-hydroxylation sites is 1. The van der Waals surface area contributed by atoms with Gasteiger partial charge in [0.25, 0.3) is 11.8 Å². The van der Waals surface area contributed by atoms with Crippen LogP contribution in [0.2, 0.25) is 0 Å². The van der Waals surface area contributed by atoms with Crippen LogP contribution in [0, 0.1) is 17.2 Å². The lowest BCUT2D eigenvalue weighted by Gasteiger charge is -2.07. The molecule has 2 amide bonds. The number of hydrogen-bond donors (Lipinski definition) is 3. The molecule has 6 nitrogen and oxygen atoms in total. The Morgan fingerprint density at radius 3 is 2.62 bits per heavy atom. The zero-order valence-electron chi connectivity index (χ0n) is 12.0. The van der Waals surface area contributed by atoms with Gasteiger partial charge in [-0.15, -0.1) is 0 Å². The third-order valence-corrected chi connectivity index (χ3v) is 2.59. The first-order valence-electron chi connectivity index (χ1n) is 6.49. The number of carbonyl (C=O) groups is 2. The average Bonchev–Trinajstić information content (AvgIpc) is 2.45. The van der Waals surface area contributed by atoms with Gasteiger partial charge in [0.05, 0.1) is 5.56 Å². The summed E-state index contributed by atoms with van der Waals surface area (Å²) >= 11 is 0. The molecule has 1 aromatic rings. The molecule has 0 atom stereocenters. The van der Waals surface area contributed by atoms with Crippen molar-refractivity contribution in [2.75, 3.05) is 12.3 Å². The Kier molecular flexibility index (Phi) is 5.96. The molecule has 0 saturated heterocycles. The van der Waals surface area contributed by atoms with Crippen molar-refractivity contribution in [2.24, 2.45) is 5.92 Å². The summed E-state index contributed by atoms with van der Waals surface area (Å²) in [6.45, 7) is 4.34. The van der Waals surface area contributed by atoms with Crippen molar-refractivity contribution >= 4 is 17.5 Å². The van der Waals surface area contributed by atoms with Crippen LogP contribution in [0.25, 0.3) is 0 Å². The summed E-state index contributed by atoms with van der Waals surface area (Å²) in [5.41, 5.74) is 6.12. The third kappa shape index (κ3) is 4.99. The molecule has 21 heavy (non-hydrogen) atoms. The van der Waals surface area contributed by atoms with E-state index in [-0.39, 0.29) is 17.1 Å². The van der Waals surface area contributed by atoms with Gasteiger partial charge in [0.1, 0.15) is 11.6 Å². The van der Waals surface area contributed by atoms with E-state index in [0.29, 0.717) is 12.2 Å². The highest BCUT2D eigenvalue weighted by molar-refractivity contribution is 6.01. The summed E-state index contributed by atoms with van der Waals surface area (Å²) in [5.74, 6) is -0.724. The topological polar surface area (TPSA) is 108 Å². The van der Waals surface area contributed by atoms with Crippen molar-refractivity contribution in [3.63, 3.8) is 0 Å². The molecular weight excluding hydrogens is 268 g/mol. The monoisotopic (exact) mass is 286 g/mol. The van der Waals surface area contributed by atoms with Gasteiger partial charge in [-0.3, -0.25) is 9.59 Å². The maximum atomic E-state index is 11.9. The summed E-state index contributed by atoms with van der Waals surface area (Å²) < 4.78 is 0. The predicted octanol–water partition coefficient (Wildman–Crippen LogP) is 1.18. The molecule has 0 aliphatic carbocycles. The molecule has 0 aliphatic rings. The van der Waals surface area contributed by atoms with Crippen molar-refractivity contribution in [1.29, 1.82) is 5.26 Å². The summed E-state index contributed by atoms with van der Waals surface area (Å²) in [4.78, 5) is 23.6. The van der Waals surface area contributed by atoms with Crippen LogP contribution >= 0.6 is 0 Å². The first-order chi connectivity index (χ1) is 9.95. The lowest BCUT2D eigenvalue weighted by molar-refractivity contribution is -0.117. The number of nitrogens with zero attached hydrogens (tertiary/aromatic N) is 1. The predicted molar refractivity (Wildman–Crippen MR) is 79.9 cm³/mol. The highest BCUT2D eigenvalue weighted by Gasteiger charge is 2.11. The van der Waals surface area contributed by atoms with Crippen molar-refractivity contribution < 1.29 is 9.59 Å². The lowest BCUT2D eigenvalue weighted by atomic mass is 10.1. The maximum Gasteiger partial charge on any atom is 0.263 e. The Bertz CT molecular complexity index is 600. The Morgan fingerprint density at radius 1 is 1.38 bits per heavy atom. The van der Waals surface area contributed by atoms with Gasteiger partial charge in [-0.1, -0.05) is 26.0 Å². The largest absolute Gasteiger partial charge is 0.398 e. The molecular formula is C15H18N4O2. The summed E-state index contributed by atoms with van der Waals surface area (Å²) in [6, 6.07) is 8.29. The molecule has 0 spiro atoms. The van der Waals surface area contributed by atoms with Crippen molar-refractivity contribution in [3.8, 4) is 6.07 Å². The quantitative estimate of drug-likeness (QED) is 0.429. The van der Waals surface area contributed by atoms with E-state index in [1.165, 1.54) is 0 Å². The van der Waals surface area contributed by atoms with E-state index in [1.807, 2.05) is 13.8 Å². The third-order valence-electron chi connectivity index (χ3n) is 2.59. The highest BCUT2D eigenvalue weighted by Crippen LogP contribution is 2.09. The summed E-state index contributed by atoms with van der Waals surface area (Å²) in [7, 11) is 0. The molecule has 0 saturated carbocycles. The van der Waals surface area contributed by atoms with E-state index in [1.54, 1.807) is 30.3 Å². The first-order valence-corrected chi connectivity index (χ1v) is 6.49. The number of nitrogens with two attached hydrogens (primary N) is 1. The second-order valence-electron chi connectivity index (χ2n) is 4.83. The molecule has 1 aromatic carbocycles. The van der Waals surface area contributed by atoms with Crippen LogP contribution in [0.1, 0.15) is 24.2 Å². The Labute approximate surface area is 123 Å². The molecule has 4 N–H and O–H groups in total. The van der Waals surface area contributed by atoms with E-state index in [0.717, 1.165) is 6.20 Å². The first kappa shape index (κ1) is 16.2. The molecule has 110 valence electrons. The number of nitrogens with one attached hydrogen (secondary N) is 2. The average molecular weight is 286 g/mol. The van der Waals surface area contributed by atoms with Crippen LogP contribution in [0.15, 0.2) is 36.0 Å². The minimum atomic E-state index is -0.521. The molecule has 0 radical (unpaired) electrons. The van der Waals surface area contributed by atoms with Gasteiger partial charge in [-0.05, 0) is 18.1 Å².